The Morgan fingerprint density at radius 3 is 1.56 bits per heavy atom. The van der Waals surface area contributed by atoms with Gasteiger partial charge < -0.3 is 0 Å². The van der Waals surface area contributed by atoms with Crippen molar-refractivity contribution in [3.63, 3.8) is 0 Å². The van der Waals surface area contributed by atoms with Gasteiger partial charge in [-0.25, -0.2) is 0 Å². The molecule has 0 bridgehead atoms. The van der Waals surface area contributed by atoms with Gasteiger partial charge in [-0.3, -0.25) is 0 Å². The zero-order valence-corrected chi connectivity index (χ0v) is 8.91. The Bertz CT molecular complexity index is 117. The Hall–Kier alpha value is 0.829. The average Bonchev–Trinajstić information content (AvgIpc) is 1.86. The molecule has 0 aromatic carbocycles. The number of hydrogen-bond acceptors (Lipinski definition) is 3. The van der Waals surface area contributed by atoms with Crippen LogP contribution in [0.25, 0.3) is 0 Å². The van der Waals surface area contributed by atoms with Crippen molar-refractivity contribution in [2.45, 2.75) is 0 Å². The van der Waals surface area contributed by atoms with Crippen LogP contribution in [-0.2, 0) is 0 Å². The summed E-state index contributed by atoms with van der Waals surface area (Å²) in [6.07, 6.45) is 0. The fourth-order valence-corrected chi connectivity index (χ4v) is 1.54. The second-order valence-corrected chi connectivity index (χ2v) is 8.04. The fraction of sp³-hybridized carbons (Fsp3) is 1.00. The summed E-state index contributed by atoms with van der Waals surface area (Å²) in [5.41, 5.74) is 0. The molecule has 0 aromatic heterocycles. The molecule has 0 aromatic rings. The first-order valence-electron chi connectivity index (χ1n) is 2.72. The van der Waals surface area contributed by atoms with Gasteiger partial charge in [0.15, 0.2) is 0 Å². The van der Waals surface area contributed by atoms with E-state index in [0.717, 1.165) is 0 Å². The van der Waals surface area contributed by atoms with Gasteiger partial charge in [0.1, 0.15) is 0 Å². The quantitative estimate of drug-likeness (QED) is 0.504. The third-order valence-electron chi connectivity index (χ3n) is 1.17. The van der Waals surface area contributed by atoms with Crippen molar-refractivity contribution in [2.75, 3.05) is 28.2 Å². The van der Waals surface area contributed by atoms with E-state index in [4.69, 9.17) is 0 Å². The summed E-state index contributed by atoms with van der Waals surface area (Å²) in [5.74, 6) is -1.29. The minimum atomic E-state index is -1.29. The van der Waals surface area contributed by atoms with Crippen LogP contribution in [0, 0.1) is 0 Å². The number of nitrogens with zero attached hydrogens (tertiary/aromatic N) is 1. The second kappa shape index (κ2) is 3.87. The van der Waals surface area contributed by atoms with Gasteiger partial charge in [-0.1, -0.05) is 0 Å². The molecule has 0 atom stereocenters. The van der Waals surface area contributed by atoms with Crippen LogP contribution < -0.4 is 10.2 Å². The Morgan fingerprint density at radius 2 is 1.56 bits per heavy atom. The van der Waals surface area contributed by atoms with Gasteiger partial charge in [-0.15, -0.1) is 0 Å². The van der Waals surface area contributed by atoms with Gasteiger partial charge in [-0.2, -0.15) is 0 Å². The van der Waals surface area contributed by atoms with Gasteiger partial charge in [0.05, 0.1) is 0 Å². The van der Waals surface area contributed by atoms with Crippen LogP contribution in [0.15, 0.2) is 0 Å². The molecule has 0 radical (unpaired) electrons. The van der Waals surface area contributed by atoms with E-state index in [-0.39, 0.29) is 0 Å². The van der Waals surface area contributed by atoms with Crippen molar-refractivity contribution >= 4 is 21.1 Å². The van der Waals surface area contributed by atoms with Crippen LogP contribution in [0.5, 0.6) is 0 Å². The van der Waals surface area contributed by atoms with Crippen molar-refractivity contribution in [1.82, 2.24) is 14.8 Å². The van der Waals surface area contributed by atoms with Gasteiger partial charge in [-0.05, 0) is 0 Å². The number of nitrogens with one attached hydrogen (secondary N) is 2. The van der Waals surface area contributed by atoms with Crippen LogP contribution in [0.1, 0.15) is 0 Å². The molecule has 0 saturated heterocycles. The molecule has 56 valence electrons. The first kappa shape index (κ1) is 9.83. The SMILES string of the molecule is CNP(=[Se])(NC)N(C)C. The van der Waals surface area contributed by atoms with Crippen molar-refractivity contribution in [3.8, 4) is 0 Å². The van der Waals surface area contributed by atoms with E-state index in [1.807, 2.05) is 28.2 Å². The topological polar surface area (TPSA) is 27.3 Å². The number of rotatable bonds is 3. The third kappa shape index (κ3) is 2.50. The first-order valence-corrected chi connectivity index (χ1v) is 6.68. The normalized spacial score (nSPS) is 12.6. The van der Waals surface area contributed by atoms with Crippen LogP contribution in [-0.4, -0.2) is 48.0 Å². The summed E-state index contributed by atoms with van der Waals surface area (Å²) in [7, 11) is 7.97. The fourth-order valence-electron chi connectivity index (χ4n) is 0.512. The molecular weight excluding hydrogens is 200 g/mol. The third-order valence-corrected chi connectivity index (χ3v) is 7.86. The van der Waals surface area contributed by atoms with E-state index >= 15 is 0 Å². The molecule has 0 aliphatic carbocycles. The summed E-state index contributed by atoms with van der Waals surface area (Å²) in [6.45, 7) is 0. The number of hydrogen-bond donors (Lipinski definition) is 2. The maximum atomic E-state index is 3.20. The Morgan fingerprint density at radius 1 is 1.22 bits per heavy atom. The molecule has 0 saturated carbocycles. The van der Waals surface area contributed by atoms with Gasteiger partial charge in [0, 0.05) is 0 Å². The van der Waals surface area contributed by atoms with E-state index in [0.29, 0.717) is 0 Å². The molecule has 2 N–H and O–H groups in total. The molecule has 0 amide bonds. The Labute approximate surface area is 64.6 Å². The summed E-state index contributed by atoms with van der Waals surface area (Å²) < 4.78 is 2.13. The molecule has 0 heterocycles. The second-order valence-electron chi connectivity index (χ2n) is 1.87. The van der Waals surface area contributed by atoms with Crippen LogP contribution in [0.4, 0.5) is 0 Å². The van der Waals surface area contributed by atoms with Gasteiger partial charge >= 0.3 is 64.1 Å². The van der Waals surface area contributed by atoms with Gasteiger partial charge in [0.2, 0.25) is 0 Å². The van der Waals surface area contributed by atoms with Crippen molar-refractivity contribution in [3.05, 3.63) is 0 Å². The summed E-state index contributed by atoms with van der Waals surface area (Å²) in [5, 5.41) is 6.40. The minimum absolute atomic E-state index is 1.29. The van der Waals surface area contributed by atoms with Crippen LogP contribution in [0.2, 0.25) is 0 Å². The average molecular weight is 214 g/mol. The molecular formula is C4H14N3PSe. The van der Waals surface area contributed by atoms with Crippen molar-refractivity contribution in [2.24, 2.45) is 0 Å². The monoisotopic (exact) mass is 215 g/mol. The van der Waals surface area contributed by atoms with E-state index < -0.39 is 5.96 Å². The van der Waals surface area contributed by atoms with Crippen molar-refractivity contribution < 1.29 is 0 Å². The first-order chi connectivity index (χ1) is 4.06. The predicted molar refractivity (Wildman–Crippen MR) is 44.5 cm³/mol. The maximum absolute atomic E-state index is 3.20. The van der Waals surface area contributed by atoms with Crippen LogP contribution >= 0.6 is 5.96 Å². The predicted octanol–water partition coefficient (Wildman–Crippen LogP) is -0.167. The van der Waals surface area contributed by atoms with Crippen LogP contribution in [0.3, 0.4) is 0 Å². The van der Waals surface area contributed by atoms with E-state index in [2.05, 4.69) is 29.9 Å². The molecule has 0 aliphatic rings. The molecule has 9 heavy (non-hydrogen) atoms. The summed E-state index contributed by atoms with van der Waals surface area (Å²) >= 11 is 3.10. The Balaban J connectivity index is 4.11. The molecule has 0 aliphatic heterocycles. The molecule has 0 unspecified atom stereocenters. The van der Waals surface area contributed by atoms with E-state index in [1.165, 1.54) is 0 Å². The molecule has 0 spiro atoms. The van der Waals surface area contributed by atoms with Crippen molar-refractivity contribution in [1.29, 1.82) is 0 Å². The Kier molecular flexibility index (Phi) is 4.22. The standard InChI is InChI=1S/C4H14N3PSe/c1-5-8(9,6-2)7(3)4/h1-4H3,(H2,5,6,9). The summed E-state index contributed by atoms with van der Waals surface area (Å²) in [4.78, 5) is 0. The van der Waals surface area contributed by atoms with E-state index in [9.17, 15) is 0 Å². The molecule has 5 heteroatoms. The zero-order chi connectivity index (χ0) is 7.49. The summed E-state index contributed by atoms with van der Waals surface area (Å²) in [6, 6.07) is 0. The molecule has 0 fully saturated rings. The zero-order valence-electron chi connectivity index (χ0n) is 6.30. The van der Waals surface area contributed by atoms with Gasteiger partial charge in [0.25, 0.3) is 0 Å². The van der Waals surface area contributed by atoms with E-state index in [1.54, 1.807) is 0 Å². The molecule has 0 rings (SSSR count). The molecule has 3 nitrogen and oxygen atoms in total.